The maximum absolute atomic E-state index is 14.5. The Kier molecular flexibility index (Phi) is 4.84. The largest absolute Gasteiger partial charge is 0.383 e. The molecule has 1 atom stereocenters. The third-order valence-corrected chi connectivity index (χ3v) is 5.81. The Morgan fingerprint density at radius 3 is 2.87 bits per heavy atom. The first kappa shape index (κ1) is 19.3. The molecule has 2 aliphatic heterocycles. The van der Waals surface area contributed by atoms with Gasteiger partial charge in [0.05, 0.1) is 38.1 Å². The lowest BCUT2D eigenvalue weighted by molar-refractivity contribution is -0.00523. The van der Waals surface area contributed by atoms with Gasteiger partial charge in [-0.05, 0) is 33.6 Å². The lowest BCUT2D eigenvalue weighted by atomic mass is 10.0. The molecule has 1 fully saturated rings. The molecule has 30 heavy (non-hydrogen) atoms. The van der Waals surface area contributed by atoms with Gasteiger partial charge in [0.2, 0.25) is 0 Å². The molecule has 2 aliphatic rings. The van der Waals surface area contributed by atoms with Gasteiger partial charge in [-0.2, -0.15) is 0 Å². The average Bonchev–Trinajstić information content (AvgIpc) is 3.24. The fourth-order valence-corrected chi connectivity index (χ4v) is 4.19. The molecule has 3 aromatic heterocycles. The number of pyridine rings is 3. The van der Waals surface area contributed by atoms with Crippen LogP contribution in [0.3, 0.4) is 0 Å². The molecular weight excluding hydrogens is 457 g/mol. The number of morpholine rings is 1. The second kappa shape index (κ2) is 7.53. The van der Waals surface area contributed by atoms with Crippen molar-refractivity contribution in [2.24, 2.45) is 0 Å². The predicted molar refractivity (Wildman–Crippen MR) is 109 cm³/mol. The molecule has 1 saturated heterocycles. The van der Waals surface area contributed by atoms with Crippen molar-refractivity contribution in [2.45, 2.75) is 19.3 Å². The van der Waals surface area contributed by atoms with Crippen LogP contribution in [0.4, 0.5) is 10.2 Å². The van der Waals surface area contributed by atoms with Gasteiger partial charge in [0, 0.05) is 28.2 Å². The first-order chi connectivity index (χ1) is 14.5. The number of nitrogens with zero attached hydrogens (tertiary/aromatic N) is 4. The number of nitrogens with two attached hydrogens (primary N) is 1. The molecule has 10 heteroatoms. The van der Waals surface area contributed by atoms with Crippen molar-refractivity contribution < 1.29 is 18.7 Å². The number of fused-ring (bicyclic) bond motifs is 3. The third-order valence-electron chi connectivity index (χ3n) is 5.38. The summed E-state index contributed by atoms with van der Waals surface area (Å²) in [5, 5.41) is 0.785. The van der Waals surface area contributed by atoms with E-state index in [1.54, 1.807) is 11.0 Å². The molecule has 8 nitrogen and oxygen atoms in total. The lowest BCUT2D eigenvalue weighted by Crippen LogP contribution is -2.44. The van der Waals surface area contributed by atoms with Crippen LogP contribution in [0.1, 0.15) is 33.4 Å². The van der Waals surface area contributed by atoms with E-state index in [-0.39, 0.29) is 23.9 Å². The molecule has 2 N–H and O–H groups in total. The van der Waals surface area contributed by atoms with Crippen LogP contribution in [-0.4, -0.2) is 45.5 Å². The Bertz CT molecular complexity index is 1170. The van der Waals surface area contributed by atoms with Gasteiger partial charge in [0.25, 0.3) is 5.91 Å². The van der Waals surface area contributed by atoms with E-state index >= 15 is 0 Å². The summed E-state index contributed by atoms with van der Waals surface area (Å²) in [6, 6.07) is 2.39. The molecule has 0 saturated carbocycles. The zero-order valence-corrected chi connectivity index (χ0v) is 17.4. The SMILES string of the molecule is Nc1nc2cnc(C(=O)N3CCOC[C@@H]3c3ncc(Br)cc3F)cc2c2c1COC2. The van der Waals surface area contributed by atoms with Crippen LogP contribution in [-0.2, 0) is 22.7 Å². The van der Waals surface area contributed by atoms with Gasteiger partial charge in [-0.1, -0.05) is 0 Å². The average molecular weight is 474 g/mol. The molecular formula is C20H17BrFN5O3. The summed E-state index contributed by atoms with van der Waals surface area (Å²) >= 11 is 3.20. The fraction of sp³-hybridized carbons (Fsp3) is 0.300. The Morgan fingerprint density at radius 2 is 2.03 bits per heavy atom. The van der Waals surface area contributed by atoms with Gasteiger partial charge in [-0.25, -0.2) is 14.4 Å². The Balaban J connectivity index is 1.54. The highest BCUT2D eigenvalue weighted by molar-refractivity contribution is 9.10. The van der Waals surface area contributed by atoms with Crippen molar-refractivity contribution >= 4 is 38.6 Å². The van der Waals surface area contributed by atoms with E-state index < -0.39 is 11.9 Å². The highest BCUT2D eigenvalue weighted by Crippen LogP contribution is 2.32. The van der Waals surface area contributed by atoms with Gasteiger partial charge >= 0.3 is 0 Å². The monoisotopic (exact) mass is 473 g/mol. The van der Waals surface area contributed by atoms with Crippen LogP contribution < -0.4 is 5.73 Å². The summed E-state index contributed by atoms with van der Waals surface area (Å²) in [7, 11) is 0. The van der Waals surface area contributed by atoms with Crippen LogP contribution >= 0.6 is 15.9 Å². The van der Waals surface area contributed by atoms with Gasteiger partial charge in [-0.15, -0.1) is 0 Å². The van der Waals surface area contributed by atoms with Crippen molar-refractivity contribution in [2.75, 3.05) is 25.5 Å². The zero-order valence-electron chi connectivity index (χ0n) is 15.8. The number of carbonyl (C=O) groups excluding carboxylic acids is 1. The van der Waals surface area contributed by atoms with Crippen molar-refractivity contribution in [1.82, 2.24) is 19.9 Å². The molecule has 0 radical (unpaired) electrons. The number of rotatable bonds is 2. The van der Waals surface area contributed by atoms with Crippen LogP contribution in [0.5, 0.6) is 0 Å². The Hall–Kier alpha value is -2.69. The number of hydrogen-bond acceptors (Lipinski definition) is 7. The number of ether oxygens (including phenoxy) is 2. The van der Waals surface area contributed by atoms with Gasteiger partial charge < -0.3 is 20.1 Å². The summed E-state index contributed by atoms with van der Waals surface area (Å²) in [5.41, 5.74) is 8.79. The topological polar surface area (TPSA) is 103 Å². The highest BCUT2D eigenvalue weighted by Gasteiger charge is 2.33. The molecule has 0 unspecified atom stereocenters. The van der Waals surface area contributed by atoms with E-state index in [1.165, 1.54) is 18.5 Å². The number of amides is 1. The predicted octanol–water partition coefficient (Wildman–Crippen LogP) is 2.75. The number of nitrogen functional groups attached to an aromatic ring is 1. The fourth-order valence-electron chi connectivity index (χ4n) is 3.88. The van der Waals surface area contributed by atoms with Crippen LogP contribution in [0.2, 0.25) is 0 Å². The van der Waals surface area contributed by atoms with Crippen molar-refractivity contribution in [3.63, 3.8) is 0 Å². The van der Waals surface area contributed by atoms with Crippen molar-refractivity contribution in [1.29, 1.82) is 0 Å². The molecule has 0 bridgehead atoms. The van der Waals surface area contributed by atoms with Gasteiger partial charge in [0.1, 0.15) is 29.1 Å². The van der Waals surface area contributed by atoms with E-state index in [2.05, 4.69) is 30.9 Å². The molecule has 3 aromatic rings. The second-order valence-electron chi connectivity index (χ2n) is 7.14. The van der Waals surface area contributed by atoms with Crippen LogP contribution in [0, 0.1) is 5.82 Å². The van der Waals surface area contributed by atoms with E-state index in [0.717, 1.165) is 16.5 Å². The summed E-state index contributed by atoms with van der Waals surface area (Å²) < 4.78 is 26.1. The molecule has 5 heterocycles. The van der Waals surface area contributed by atoms with Crippen molar-refractivity contribution in [3.05, 3.63) is 57.3 Å². The number of hydrogen-bond donors (Lipinski definition) is 1. The number of aromatic nitrogens is 3. The minimum absolute atomic E-state index is 0.159. The summed E-state index contributed by atoms with van der Waals surface area (Å²) in [5.74, 6) is -0.404. The van der Waals surface area contributed by atoms with E-state index in [1.807, 2.05) is 0 Å². The number of carbonyl (C=O) groups is 1. The Labute approximate surface area is 179 Å². The first-order valence-corrected chi connectivity index (χ1v) is 10.2. The zero-order chi connectivity index (χ0) is 20.8. The summed E-state index contributed by atoms with van der Waals surface area (Å²) in [4.78, 5) is 27.7. The maximum atomic E-state index is 14.5. The highest BCUT2D eigenvalue weighted by atomic mass is 79.9. The van der Waals surface area contributed by atoms with E-state index in [0.29, 0.717) is 42.2 Å². The van der Waals surface area contributed by atoms with Crippen LogP contribution in [0.25, 0.3) is 10.9 Å². The third kappa shape index (κ3) is 3.21. The first-order valence-electron chi connectivity index (χ1n) is 9.37. The maximum Gasteiger partial charge on any atom is 0.273 e. The summed E-state index contributed by atoms with van der Waals surface area (Å²) in [6.45, 7) is 1.63. The molecule has 0 aromatic carbocycles. The van der Waals surface area contributed by atoms with Crippen molar-refractivity contribution in [3.8, 4) is 0 Å². The lowest BCUT2D eigenvalue weighted by Gasteiger charge is -2.35. The minimum Gasteiger partial charge on any atom is -0.383 e. The van der Waals surface area contributed by atoms with E-state index in [4.69, 9.17) is 15.2 Å². The Morgan fingerprint density at radius 1 is 1.20 bits per heavy atom. The van der Waals surface area contributed by atoms with Gasteiger partial charge in [0.15, 0.2) is 0 Å². The standard InChI is InChI=1S/C20H17BrFN5O3/c21-10-3-14(22)18(25-5-10)17-9-29-2-1-27(17)20(28)15-4-11-12-7-30-8-13(12)19(23)26-16(11)6-24-15/h3-6,17H,1-2,7-9H2,(H2,23,26)/t17-/m1/s1. The summed E-state index contributed by atoms with van der Waals surface area (Å²) in [6.07, 6.45) is 3.04. The van der Waals surface area contributed by atoms with Gasteiger partial charge in [-0.3, -0.25) is 9.78 Å². The molecule has 154 valence electrons. The smallest absolute Gasteiger partial charge is 0.273 e. The molecule has 5 rings (SSSR count). The molecule has 0 aliphatic carbocycles. The number of anilines is 1. The second-order valence-corrected chi connectivity index (χ2v) is 8.06. The number of halogens is 2. The quantitative estimate of drug-likeness (QED) is 0.609. The minimum atomic E-state index is -0.643. The molecule has 1 amide bonds. The van der Waals surface area contributed by atoms with E-state index in [9.17, 15) is 9.18 Å². The molecule has 0 spiro atoms. The van der Waals surface area contributed by atoms with Crippen LogP contribution in [0.15, 0.2) is 29.0 Å². The normalized spacial score (nSPS) is 18.6.